The number of nitrogens with zero attached hydrogens (tertiary/aromatic N) is 2. The van der Waals surface area contributed by atoms with Crippen molar-refractivity contribution in [1.29, 1.82) is 0 Å². The van der Waals surface area contributed by atoms with Gasteiger partial charge in [-0.15, -0.1) is 0 Å². The summed E-state index contributed by atoms with van der Waals surface area (Å²) in [6, 6.07) is 24.6. The molecule has 1 saturated heterocycles. The van der Waals surface area contributed by atoms with E-state index < -0.39 is 5.66 Å². The van der Waals surface area contributed by atoms with Gasteiger partial charge in [0.25, 0.3) is 0 Å². The minimum Gasteiger partial charge on any atom is -0.507 e. The van der Waals surface area contributed by atoms with Crippen LogP contribution >= 0.6 is 0 Å². The molecule has 2 aliphatic rings. The highest BCUT2D eigenvalue weighted by atomic mass is 19.1. The lowest BCUT2D eigenvalue weighted by molar-refractivity contribution is 0.119. The summed E-state index contributed by atoms with van der Waals surface area (Å²) < 4.78 is 14.7. The van der Waals surface area contributed by atoms with Crippen molar-refractivity contribution in [2.75, 3.05) is 13.1 Å². The van der Waals surface area contributed by atoms with Gasteiger partial charge in [0, 0.05) is 48.9 Å². The Bertz CT molecular complexity index is 1110. The van der Waals surface area contributed by atoms with Crippen LogP contribution in [0.5, 0.6) is 5.75 Å². The third-order valence-corrected chi connectivity index (χ3v) is 6.62. The van der Waals surface area contributed by atoms with Gasteiger partial charge < -0.3 is 5.11 Å². The zero-order valence-electron chi connectivity index (χ0n) is 18.0. The molecule has 0 unspecified atom stereocenters. The monoisotopic (exact) mass is 429 g/mol. The van der Waals surface area contributed by atoms with Gasteiger partial charge in [-0.05, 0) is 36.6 Å². The largest absolute Gasteiger partial charge is 0.507 e. The number of hydrogen-bond acceptors (Lipinski definition) is 4. The topological polar surface area (TPSA) is 47.9 Å². The highest BCUT2D eigenvalue weighted by Crippen LogP contribution is 2.37. The van der Waals surface area contributed by atoms with Gasteiger partial charge in [0.15, 0.2) is 0 Å². The third kappa shape index (κ3) is 4.31. The lowest BCUT2D eigenvalue weighted by Gasteiger charge is -2.45. The Morgan fingerprint density at radius 1 is 0.938 bits per heavy atom. The smallest absolute Gasteiger partial charge is 0.127 e. The Kier molecular flexibility index (Phi) is 5.77. The first kappa shape index (κ1) is 20.9. The molecule has 2 N–H and O–H groups in total. The molecule has 5 rings (SSSR count). The van der Waals surface area contributed by atoms with E-state index in [1.54, 1.807) is 12.1 Å². The van der Waals surface area contributed by atoms with Crippen molar-refractivity contribution < 1.29 is 9.50 Å². The summed E-state index contributed by atoms with van der Waals surface area (Å²) >= 11 is 0. The Balaban J connectivity index is 1.43. The van der Waals surface area contributed by atoms with Crippen LogP contribution in [0.15, 0.2) is 83.9 Å². The predicted molar refractivity (Wildman–Crippen MR) is 125 cm³/mol. The molecule has 0 bridgehead atoms. The number of aromatic hydroxyl groups is 1. The highest BCUT2D eigenvalue weighted by Gasteiger charge is 2.40. The molecule has 0 radical (unpaired) electrons. The van der Waals surface area contributed by atoms with E-state index in [0.717, 1.165) is 43.8 Å². The van der Waals surface area contributed by atoms with Crippen molar-refractivity contribution in [3.63, 3.8) is 0 Å². The van der Waals surface area contributed by atoms with Gasteiger partial charge in [0.2, 0.25) is 0 Å². The number of nitrogens with one attached hydrogen (secondary N) is 1. The minimum absolute atomic E-state index is 0.191. The number of rotatable bonds is 4. The van der Waals surface area contributed by atoms with E-state index in [4.69, 9.17) is 4.99 Å². The molecular weight excluding hydrogens is 401 g/mol. The summed E-state index contributed by atoms with van der Waals surface area (Å²) in [5, 5.41) is 14.2. The van der Waals surface area contributed by atoms with Crippen molar-refractivity contribution >= 4 is 5.71 Å². The number of likely N-dealkylation sites (tertiary alicyclic amines) is 1. The first-order valence-electron chi connectivity index (χ1n) is 11.3. The Morgan fingerprint density at radius 3 is 2.38 bits per heavy atom. The molecule has 164 valence electrons. The molecular formula is C27H28FN3O. The average Bonchev–Trinajstić information content (AvgIpc) is 2.82. The molecule has 2 heterocycles. The number of para-hydroxylation sites is 1. The van der Waals surface area contributed by atoms with Gasteiger partial charge in [-0.2, -0.15) is 0 Å². The van der Waals surface area contributed by atoms with Gasteiger partial charge in [-0.3, -0.25) is 15.2 Å². The van der Waals surface area contributed by atoms with Crippen molar-refractivity contribution in [2.24, 2.45) is 4.99 Å². The summed E-state index contributed by atoms with van der Waals surface area (Å²) in [6.45, 7) is 2.73. The fourth-order valence-electron chi connectivity index (χ4n) is 4.92. The van der Waals surface area contributed by atoms with E-state index in [-0.39, 0.29) is 17.6 Å². The second kappa shape index (κ2) is 8.85. The summed E-state index contributed by atoms with van der Waals surface area (Å²) in [5.41, 5.74) is 3.08. The second-order valence-electron chi connectivity index (χ2n) is 8.79. The maximum atomic E-state index is 14.7. The maximum absolute atomic E-state index is 14.7. The van der Waals surface area contributed by atoms with Crippen LogP contribution in [0.3, 0.4) is 0 Å². The first-order valence-corrected chi connectivity index (χ1v) is 11.3. The molecule has 2 aliphatic heterocycles. The molecule has 5 heteroatoms. The summed E-state index contributed by atoms with van der Waals surface area (Å²) in [4.78, 5) is 7.60. The number of halogens is 1. The quantitative estimate of drug-likeness (QED) is 0.610. The Labute approximate surface area is 188 Å². The fraction of sp³-hybridized carbons (Fsp3) is 0.296. The molecule has 4 nitrogen and oxygen atoms in total. The van der Waals surface area contributed by atoms with E-state index in [2.05, 4.69) is 34.5 Å². The number of piperidine rings is 1. The lowest BCUT2D eigenvalue weighted by atomic mass is 9.87. The van der Waals surface area contributed by atoms with E-state index >= 15 is 0 Å². The molecule has 1 spiro atoms. The summed E-state index contributed by atoms with van der Waals surface area (Å²) in [6.07, 6.45) is 2.21. The van der Waals surface area contributed by atoms with Crippen LogP contribution in [0.1, 0.15) is 42.0 Å². The summed E-state index contributed by atoms with van der Waals surface area (Å²) in [7, 11) is 0. The minimum atomic E-state index is -0.462. The number of hydrogen-bond donors (Lipinski definition) is 2. The first-order chi connectivity index (χ1) is 15.6. The third-order valence-electron chi connectivity index (χ3n) is 6.62. The van der Waals surface area contributed by atoms with E-state index in [9.17, 15) is 9.50 Å². The zero-order chi connectivity index (χ0) is 22.0. The molecule has 3 aromatic rings. The number of phenols is 1. The molecule has 0 aliphatic carbocycles. The predicted octanol–water partition coefficient (Wildman–Crippen LogP) is 5.05. The Morgan fingerprint density at radius 2 is 1.62 bits per heavy atom. The van der Waals surface area contributed by atoms with Crippen molar-refractivity contribution in [3.05, 3.63) is 101 Å². The van der Waals surface area contributed by atoms with E-state index in [1.807, 2.05) is 36.4 Å². The molecule has 0 aromatic heterocycles. The van der Waals surface area contributed by atoms with Gasteiger partial charge in [-0.1, -0.05) is 60.7 Å². The highest BCUT2D eigenvalue weighted by molar-refractivity contribution is 6.03. The maximum Gasteiger partial charge on any atom is 0.127 e. The number of phenolic OH excluding ortho intramolecular Hbond substituents is 1. The van der Waals surface area contributed by atoms with E-state index in [1.165, 1.54) is 11.6 Å². The van der Waals surface area contributed by atoms with Crippen LogP contribution in [-0.4, -0.2) is 34.5 Å². The van der Waals surface area contributed by atoms with Crippen LogP contribution in [-0.2, 0) is 6.54 Å². The molecule has 0 amide bonds. The normalized spacial score (nSPS) is 20.8. The van der Waals surface area contributed by atoms with Gasteiger partial charge >= 0.3 is 0 Å². The SMILES string of the molecule is Oc1ccccc1C1=NC2(CCN(Cc3ccccc3)CC2)N[C@@H](c2ccccc2F)C1. The fourth-order valence-corrected chi connectivity index (χ4v) is 4.92. The van der Waals surface area contributed by atoms with Crippen molar-refractivity contribution in [3.8, 4) is 5.75 Å². The number of aliphatic imine (C=N–C) groups is 1. The van der Waals surface area contributed by atoms with Crippen LogP contribution in [0.2, 0.25) is 0 Å². The molecule has 3 aromatic carbocycles. The van der Waals surface area contributed by atoms with Crippen LogP contribution in [0.4, 0.5) is 4.39 Å². The number of benzene rings is 3. The molecule has 32 heavy (non-hydrogen) atoms. The molecule has 0 saturated carbocycles. The van der Waals surface area contributed by atoms with Gasteiger partial charge in [-0.25, -0.2) is 4.39 Å². The van der Waals surface area contributed by atoms with Crippen LogP contribution in [0, 0.1) is 5.82 Å². The Hall–Kier alpha value is -3.02. The van der Waals surface area contributed by atoms with Crippen LogP contribution < -0.4 is 5.32 Å². The lowest BCUT2D eigenvalue weighted by Crippen LogP contribution is -2.56. The van der Waals surface area contributed by atoms with E-state index in [0.29, 0.717) is 12.0 Å². The van der Waals surface area contributed by atoms with Gasteiger partial charge in [0.1, 0.15) is 17.2 Å². The standard InChI is InChI=1S/C27H28FN3O/c28-23-12-6-4-10-21(23)24-18-25(22-11-5-7-13-26(22)32)30-27(29-24)14-16-31(17-15-27)19-20-8-2-1-3-9-20/h1-13,24,29,32H,14-19H2/t24-/m1/s1. The van der Waals surface area contributed by atoms with Gasteiger partial charge in [0.05, 0.1) is 0 Å². The summed E-state index contributed by atoms with van der Waals surface area (Å²) in [5.74, 6) is 0.0114. The average molecular weight is 430 g/mol. The van der Waals surface area contributed by atoms with Crippen LogP contribution in [0.25, 0.3) is 0 Å². The van der Waals surface area contributed by atoms with Crippen molar-refractivity contribution in [1.82, 2.24) is 10.2 Å². The zero-order valence-corrected chi connectivity index (χ0v) is 18.0. The second-order valence-corrected chi connectivity index (χ2v) is 8.79. The molecule has 1 fully saturated rings. The van der Waals surface area contributed by atoms with Crippen molar-refractivity contribution in [2.45, 2.75) is 37.5 Å². The molecule has 1 atom stereocenters.